The Hall–Kier alpha value is -3.42. The Morgan fingerprint density at radius 1 is 1.06 bits per heavy atom. The van der Waals surface area contributed by atoms with Crippen LogP contribution in [0.5, 0.6) is 0 Å². The lowest BCUT2D eigenvalue weighted by molar-refractivity contribution is -0.137. The van der Waals surface area contributed by atoms with Crippen molar-refractivity contribution in [1.82, 2.24) is 14.9 Å². The van der Waals surface area contributed by atoms with Crippen LogP contribution >= 0.6 is 0 Å². The van der Waals surface area contributed by atoms with E-state index in [-0.39, 0.29) is 11.9 Å². The van der Waals surface area contributed by atoms with Crippen molar-refractivity contribution in [3.05, 3.63) is 77.6 Å². The normalized spacial score (nSPS) is 16.9. The number of piperidine rings is 1. The Balaban J connectivity index is 1.78. The zero-order valence-electron chi connectivity index (χ0n) is 16.6. The van der Waals surface area contributed by atoms with Gasteiger partial charge in [-0.15, -0.1) is 0 Å². The second-order valence-corrected chi connectivity index (χ2v) is 7.48. The largest absolute Gasteiger partial charge is 0.416 e. The minimum atomic E-state index is -4.47. The van der Waals surface area contributed by atoms with E-state index in [9.17, 15) is 18.0 Å². The number of anilines is 1. The second-order valence-electron chi connectivity index (χ2n) is 7.48. The molecule has 4 rings (SSSR count). The number of halogens is 3. The van der Waals surface area contributed by atoms with Crippen LogP contribution in [0.4, 0.5) is 19.1 Å². The van der Waals surface area contributed by atoms with Crippen LogP contribution in [0.1, 0.15) is 46.9 Å². The predicted octanol–water partition coefficient (Wildman–Crippen LogP) is 5.11. The fraction of sp³-hybridized carbons (Fsp3) is 0.261. The summed E-state index contributed by atoms with van der Waals surface area (Å²) < 4.78 is 39.8. The fourth-order valence-corrected chi connectivity index (χ4v) is 3.95. The summed E-state index contributed by atoms with van der Waals surface area (Å²) in [6, 6.07) is 13.5. The number of aromatic nitrogens is 2. The number of hydrogen-bond acceptors (Lipinski definition) is 4. The average Bonchev–Trinajstić information content (AvgIpc) is 2.78. The molecule has 1 unspecified atom stereocenters. The number of nitrogens with zero attached hydrogens (tertiary/aromatic N) is 3. The first-order chi connectivity index (χ1) is 14.8. The van der Waals surface area contributed by atoms with Gasteiger partial charge in [-0.1, -0.05) is 30.3 Å². The van der Waals surface area contributed by atoms with Gasteiger partial charge < -0.3 is 10.6 Å². The number of carbonyl (C=O) groups is 1. The average molecular weight is 426 g/mol. The van der Waals surface area contributed by atoms with Crippen molar-refractivity contribution in [1.29, 1.82) is 0 Å². The highest BCUT2D eigenvalue weighted by Gasteiger charge is 2.33. The Kier molecular flexibility index (Phi) is 5.63. The van der Waals surface area contributed by atoms with Crippen LogP contribution in [-0.4, -0.2) is 27.3 Å². The molecular formula is C23H21F3N4O. The van der Waals surface area contributed by atoms with E-state index in [1.807, 2.05) is 6.07 Å². The zero-order chi connectivity index (χ0) is 22.0. The van der Waals surface area contributed by atoms with Crippen molar-refractivity contribution in [2.75, 3.05) is 12.3 Å². The van der Waals surface area contributed by atoms with Gasteiger partial charge in [-0.3, -0.25) is 4.79 Å². The first kappa shape index (κ1) is 20.8. The first-order valence-corrected chi connectivity index (χ1v) is 10.0. The van der Waals surface area contributed by atoms with Gasteiger partial charge in [-0.25, -0.2) is 9.97 Å². The fourth-order valence-electron chi connectivity index (χ4n) is 3.95. The highest BCUT2D eigenvalue weighted by atomic mass is 19.4. The molecule has 1 aliphatic heterocycles. The Morgan fingerprint density at radius 2 is 1.84 bits per heavy atom. The highest BCUT2D eigenvalue weighted by molar-refractivity contribution is 5.94. The van der Waals surface area contributed by atoms with E-state index in [0.717, 1.165) is 25.0 Å². The third-order valence-electron chi connectivity index (χ3n) is 5.44. The number of likely N-dealkylation sites (tertiary alicyclic amines) is 1. The smallest absolute Gasteiger partial charge is 0.368 e. The summed E-state index contributed by atoms with van der Waals surface area (Å²) in [4.78, 5) is 23.3. The van der Waals surface area contributed by atoms with Crippen molar-refractivity contribution in [2.45, 2.75) is 31.5 Å². The maximum absolute atomic E-state index is 13.3. The lowest BCUT2D eigenvalue weighted by Crippen LogP contribution is -2.39. The van der Waals surface area contributed by atoms with Gasteiger partial charge in [0.2, 0.25) is 5.95 Å². The first-order valence-electron chi connectivity index (χ1n) is 10.0. The van der Waals surface area contributed by atoms with Crippen LogP contribution in [0.3, 0.4) is 0 Å². The van der Waals surface area contributed by atoms with Crippen LogP contribution in [-0.2, 0) is 6.18 Å². The van der Waals surface area contributed by atoms with Gasteiger partial charge in [-0.2, -0.15) is 13.2 Å². The van der Waals surface area contributed by atoms with E-state index in [4.69, 9.17) is 5.73 Å². The van der Waals surface area contributed by atoms with E-state index in [0.29, 0.717) is 35.3 Å². The summed E-state index contributed by atoms with van der Waals surface area (Å²) in [6.07, 6.45) is -0.678. The molecular weight excluding hydrogens is 405 g/mol. The number of nitrogens with two attached hydrogens (primary N) is 1. The second kappa shape index (κ2) is 8.37. The molecule has 1 atom stereocenters. The quantitative estimate of drug-likeness (QED) is 0.632. The van der Waals surface area contributed by atoms with Gasteiger partial charge in [-0.05, 0) is 49.1 Å². The molecule has 1 aliphatic rings. The molecule has 1 aromatic heterocycles. The molecule has 5 nitrogen and oxygen atoms in total. The van der Waals surface area contributed by atoms with Crippen LogP contribution < -0.4 is 5.73 Å². The third kappa shape index (κ3) is 4.38. The van der Waals surface area contributed by atoms with Crippen LogP contribution in [0, 0.1) is 0 Å². The van der Waals surface area contributed by atoms with Crippen LogP contribution in [0.15, 0.2) is 60.8 Å². The van der Waals surface area contributed by atoms with E-state index in [1.54, 1.807) is 35.2 Å². The Morgan fingerprint density at radius 3 is 2.58 bits per heavy atom. The van der Waals surface area contributed by atoms with E-state index in [2.05, 4.69) is 9.97 Å². The maximum atomic E-state index is 13.3. The minimum Gasteiger partial charge on any atom is -0.368 e. The molecule has 2 N–H and O–H groups in total. The van der Waals surface area contributed by atoms with Gasteiger partial charge in [0.15, 0.2) is 0 Å². The highest BCUT2D eigenvalue weighted by Crippen LogP contribution is 2.38. The predicted molar refractivity (Wildman–Crippen MR) is 111 cm³/mol. The lowest BCUT2D eigenvalue weighted by atomic mass is 9.92. The summed E-state index contributed by atoms with van der Waals surface area (Å²) in [6.45, 7) is 0.532. The van der Waals surface area contributed by atoms with Gasteiger partial charge in [0.05, 0.1) is 17.3 Å². The molecule has 160 valence electrons. The minimum absolute atomic E-state index is 0.0170. The standard InChI is InChI=1S/C23H21F3N4O/c24-23(25,26)17-10-6-9-16(13-17)18-14-28-22(27)29-20(18)19-11-4-5-12-30(19)21(31)15-7-2-1-3-8-15/h1-3,6-10,13-14,19H,4-5,11-12H2,(H2,27,28,29). The molecule has 0 bridgehead atoms. The molecule has 2 aromatic carbocycles. The number of hydrogen-bond donors (Lipinski definition) is 1. The number of nitrogen functional groups attached to an aromatic ring is 1. The zero-order valence-corrected chi connectivity index (χ0v) is 16.6. The number of amides is 1. The van der Waals surface area contributed by atoms with Gasteiger partial charge in [0.25, 0.3) is 5.91 Å². The molecule has 3 aromatic rings. The SMILES string of the molecule is Nc1ncc(-c2cccc(C(F)(F)F)c2)c(C2CCCCN2C(=O)c2ccccc2)n1. The van der Waals surface area contributed by atoms with E-state index >= 15 is 0 Å². The third-order valence-corrected chi connectivity index (χ3v) is 5.44. The summed E-state index contributed by atoms with van der Waals surface area (Å²) in [5.74, 6) is -0.124. The van der Waals surface area contributed by atoms with Crippen LogP contribution in [0.2, 0.25) is 0 Å². The number of carbonyl (C=O) groups excluding carboxylic acids is 1. The number of benzene rings is 2. The molecule has 1 saturated heterocycles. The van der Waals surface area contributed by atoms with Crippen LogP contribution in [0.25, 0.3) is 11.1 Å². The topological polar surface area (TPSA) is 72.1 Å². The van der Waals surface area contributed by atoms with Crippen molar-refractivity contribution in [2.24, 2.45) is 0 Å². The molecule has 1 fully saturated rings. The lowest BCUT2D eigenvalue weighted by Gasteiger charge is -2.36. The van der Waals surface area contributed by atoms with Crippen molar-refractivity contribution >= 4 is 11.9 Å². The Labute approximate surface area is 177 Å². The summed E-state index contributed by atoms with van der Waals surface area (Å²) in [5.41, 5.74) is 6.88. The summed E-state index contributed by atoms with van der Waals surface area (Å²) in [5, 5.41) is 0. The monoisotopic (exact) mass is 426 g/mol. The van der Waals surface area contributed by atoms with Gasteiger partial charge in [0, 0.05) is 23.9 Å². The van der Waals surface area contributed by atoms with E-state index in [1.165, 1.54) is 12.3 Å². The molecule has 0 radical (unpaired) electrons. The van der Waals surface area contributed by atoms with Crippen molar-refractivity contribution in [3.63, 3.8) is 0 Å². The molecule has 0 spiro atoms. The van der Waals surface area contributed by atoms with Gasteiger partial charge >= 0.3 is 6.18 Å². The Bertz CT molecular complexity index is 1090. The molecule has 2 heterocycles. The molecule has 0 saturated carbocycles. The van der Waals surface area contributed by atoms with E-state index < -0.39 is 17.8 Å². The molecule has 31 heavy (non-hydrogen) atoms. The van der Waals surface area contributed by atoms with Gasteiger partial charge in [0.1, 0.15) is 0 Å². The maximum Gasteiger partial charge on any atom is 0.416 e. The molecule has 8 heteroatoms. The van der Waals surface area contributed by atoms with Crippen molar-refractivity contribution in [3.8, 4) is 11.1 Å². The number of rotatable bonds is 3. The molecule has 1 amide bonds. The summed E-state index contributed by atoms with van der Waals surface area (Å²) >= 11 is 0. The molecule has 0 aliphatic carbocycles. The van der Waals surface area contributed by atoms with Crippen molar-refractivity contribution < 1.29 is 18.0 Å². The number of alkyl halides is 3. The summed E-state index contributed by atoms with van der Waals surface area (Å²) in [7, 11) is 0.